The molecule has 0 N–H and O–H groups in total. The van der Waals surface area contributed by atoms with Gasteiger partial charge in [-0.25, -0.2) is 8.42 Å². The topological polar surface area (TPSA) is 57.7 Å². The average molecular weight is 391 g/mol. The molecule has 0 fully saturated rings. The number of rotatable bonds is 5. The summed E-state index contributed by atoms with van der Waals surface area (Å²) in [6.45, 7) is 5.01. The van der Waals surface area contributed by atoms with E-state index in [0.717, 1.165) is 16.3 Å². The van der Waals surface area contributed by atoms with Crippen molar-refractivity contribution >= 4 is 33.4 Å². The predicted molar refractivity (Wildman–Crippen MR) is 105 cm³/mol. The van der Waals surface area contributed by atoms with E-state index in [9.17, 15) is 13.2 Å². The maximum atomic E-state index is 13.1. The molecule has 0 spiro atoms. The monoisotopic (exact) mass is 390 g/mol. The smallest absolute Gasteiger partial charge is 0.258 e. The fourth-order valence-electron chi connectivity index (χ4n) is 3.04. The number of carbonyl (C=O) groups excluding carboxylic acids is 1. The van der Waals surface area contributed by atoms with E-state index in [1.54, 1.807) is 48.7 Å². The molecule has 138 valence electrons. The van der Waals surface area contributed by atoms with E-state index in [4.69, 9.17) is 0 Å². The maximum absolute atomic E-state index is 13.1. The molecule has 26 heavy (non-hydrogen) atoms. The van der Waals surface area contributed by atoms with Crippen LogP contribution in [0.1, 0.15) is 24.2 Å². The lowest BCUT2D eigenvalue weighted by Gasteiger charge is -2.29. The quantitative estimate of drug-likeness (QED) is 0.784. The minimum Gasteiger partial charge on any atom is -0.306 e. The van der Waals surface area contributed by atoms with Crippen molar-refractivity contribution in [2.24, 2.45) is 0 Å². The third kappa shape index (κ3) is 3.51. The summed E-state index contributed by atoms with van der Waals surface area (Å²) >= 11 is 1.73. The molecule has 0 bridgehead atoms. The standard InChI is InChI=1S/C19H22N2O3S2/c1-3-20(4-2)26(23,24)16-9-7-8-15(14-16)19(22)21-12-13-25-18-11-6-5-10-17(18)21/h5-11,14H,3-4,12-13H2,1-2H3. The van der Waals surface area contributed by atoms with Gasteiger partial charge in [-0.05, 0) is 30.3 Å². The zero-order valence-electron chi connectivity index (χ0n) is 14.9. The highest BCUT2D eigenvalue weighted by molar-refractivity contribution is 7.99. The lowest BCUT2D eigenvalue weighted by atomic mass is 10.1. The summed E-state index contributed by atoms with van der Waals surface area (Å²) in [6.07, 6.45) is 0. The third-order valence-electron chi connectivity index (χ3n) is 4.40. The predicted octanol–water partition coefficient (Wildman–Crippen LogP) is 3.47. The number of carbonyl (C=O) groups is 1. The molecule has 0 unspecified atom stereocenters. The Kier molecular flexibility index (Phi) is 5.70. The van der Waals surface area contributed by atoms with Crippen LogP contribution in [0, 0.1) is 0 Å². The second-order valence-electron chi connectivity index (χ2n) is 5.89. The van der Waals surface area contributed by atoms with Crippen molar-refractivity contribution < 1.29 is 13.2 Å². The van der Waals surface area contributed by atoms with E-state index in [0.29, 0.717) is 25.2 Å². The number of sulfonamides is 1. The van der Waals surface area contributed by atoms with Gasteiger partial charge in [-0.2, -0.15) is 4.31 Å². The molecule has 1 amide bonds. The minimum absolute atomic E-state index is 0.159. The van der Waals surface area contributed by atoms with Crippen molar-refractivity contribution in [2.75, 3.05) is 30.3 Å². The summed E-state index contributed by atoms with van der Waals surface area (Å²) in [5, 5.41) is 0. The van der Waals surface area contributed by atoms with Gasteiger partial charge in [0.05, 0.1) is 10.6 Å². The zero-order valence-corrected chi connectivity index (χ0v) is 16.5. The lowest BCUT2D eigenvalue weighted by Crippen LogP contribution is -2.35. The van der Waals surface area contributed by atoms with Gasteiger partial charge >= 0.3 is 0 Å². The Hall–Kier alpha value is -1.83. The molecular formula is C19H22N2O3S2. The number of nitrogens with zero attached hydrogens (tertiary/aromatic N) is 2. The number of benzene rings is 2. The first-order valence-corrected chi connectivity index (χ1v) is 11.1. The number of hydrogen-bond donors (Lipinski definition) is 0. The maximum Gasteiger partial charge on any atom is 0.258 e. The molecule has 0 radical (unpaired) electrons. The Morgan fingerprint density at radius 3 is 2.58 bits per heavy atom. The van der Waals surface area contributed by atoms with Gasteiger partial charge in [0.15, 0.2) is 0 Å². The van der Waals surface area contributed by atoms with Crippen molar-refractivity contribution in [2.45, 2.75) is 23.6 Å². The second-order valence-corrected chi connectivity index (χ2v) is 8.96. The van der Waals surface area contributed by atoms with Crippen LogP contribution in [0.4, 0.5) is 5.69 Å². The van der Waals surface area contributed by atoms with Crippen LogP contribution in [0.15, 0.2) is 58.3 Å². The summed E-state index contributed by atoms with van der Waals surface area (Å²) in [6, 6.07) is 14.1. The molecule has 1 aliphatic rings. The van der Waals surface area contributed by atoms with Crippen LogP contribution >= 0.6 is 11.8 Å². The number of anilines is 1. The molecular weight excluding hydrogens is 368 g/mol. The molecule has 1 aliphatic heterocycles. The van der Waals surface area contributed by atoms with Gasteiger partial charge in [0.25, 0.3) is 5.91 Å². The molecule has 0 aliphatic carbocycles. The number of amides is 1. The Morgan fingerprint density at radius 1 is 1.12 bits per heavy atom. The van der Waals surface area contributed by atoms with E-state index in [2.05, 4.69) is 0 Å². The Bertz CT molecular complexity index is 909. The summed E-state index contributed by atoms with van der Waals surface area (Å²) in [5.74, 6) is 0.648. The van der Waals surface area contributed by atoms with E-state index in [-0.39, 0.29) is 10.8 Å². The molecule has 2 aromatic carbocycles. The lowest BCUT2D eigenvalue weighted by molar-refractivity contribution is 0.0987. The van der Waals surface area contributed by atoms with E-state index >= 15 is 0 Å². The van der Waals surface area contributed by atoms with Gasteiger partial charge in [-0.3, -0.25) is 4.79 Å². The molecule has 1 heterocycles. The second kappa shape index (κ2) is 7.82. The van der Waals surface area contributed by atoms with E-state index in [1.165, 1.54) is 10.4 Å². The summed E-state index contributed by atoms with van der Waals surface area (Å²) in [7, 11) is -3.59. The minimum atomic E-state index is -3.59. The number of hydrogen-bond acceptors (Lipinski definition) is 4. The Morgan fingerprint density at radius 2 is 1.85 bits per heavy atom. The van der Waals surface area contributed by atoms with Crippen LogP contribution in [-0.2, 0) is 10.0 Å². The normalized spacial score (nSPS) is 14.3. The van der Waals surface area contributed by atoms with Gasteiger partial charge in [0.1, 0.15) is 0 Å². The highest BCUT2D eigenvalue weighted by atomic mass is 32.2. The van der Waals surface area contributed by atoms with E-state index < -0.39 is 10.0 Å². The molecule has 0 saturated heterocycles. The highest BCUT2D eigenvalue weighted by Crippen LogP contribution is 2.35. The number of fused-ring (bicyclic) bond motifs is 1. The fraction of sp³-hybridized carbons (Fsp3) is 0.316. The number of thioether (sulfide) groups is 1. The highest BCUT2D eigenvalue weighted by Gasteiger charge is 2.26. The molecule has 3 rings (SSSR count). The van der Waals surface area contributed by atoms with Crippen molar-refractivity contribution in [3.05, 3.63) is 54.1 Å². The van der Waals surface area contributed by atoms with Crippen molar-refractivity contribution in [3.8, 4) is 0 Å². The van der Waals surface area contributed by atoms with Crippen LogP contribution in [0.2, 0.25) is 0 Å². The van der Waals surface area contributed by atoms with Crippen molar-refractivity contribution in [3.63, 3.8) is 0 Å². The first-order valence-electron chi connectivity index (χ1n) is 8.63. The largest absolute Gasteiger partial charge is 0.306 e. The van der Waals surface area contributed by atoms with E-state index in [1.807, 2.05) is 24.3 Å². The SMILES string of the molecule is CCN(CC)S(=O)(=O)c1cccc(C(=O)N2CCSc3ccccc32)c1. The van der Waals surface area contributed by atoms with Gasteiger partial charge < -0.3 is 4.90 Å². The number of para-hydroxylation sites is 1. The van der Waals surface area contributed by atoms with Gasteiger partial charge in [-0.1, -0.05) is 32.0 Å². The summed E-state index contributed by atoms with van der Waals surface area (Å²) in [4.78, 5) is 16.0. The van der Waals surface area contributed by atoms with Crippen LogP contribution < -0.4 is 4.90 Å². The molecule has 7 heteroatoms. The third-order valence-corrected chi connectivity index (χ3v) is 7.49. The molecule has 0 atom stereocenters. The molecule has 5 nitrogen and oxygen atoms in total. The Balaban J connectivity index is 1.96. The first kappa shape index (κ1) is 18.9. The zero-order chi connectivity index (χ0) is 18.7. The van der Waals surface area contributed by atoms with Gasteiger partial charge in [0, 0.05) is 35.8 Å². The average Bonchev–Trinajstić information content (AvgIpc) is 2.68. The van der Waals surface area contributed by atoms with Crippen LogP contribution in [0.25, 0.3) is 0 Å². The fourth-order valence-corrected chi connectivity index (χ4v) is 5.54. The Labute approximate surface area is 159 Å². The molecule has 2 aromatic rings. The molecule has 0 saturated carbocycles. The summed E-state index contributed by atoms with van der Waals surface area (Å²) < 4.78 is 26.9. The molecule has 0 aromatic heterocycles. The van der Waals surface area contributed by atoms with Crippen molar-refractivity contribution in [1.82, 2.24) is 4.31 Å². The van der Waals surface area contributed by atoms with Crippen LogP contribution in [0.5, 0.6) is 0 Å². The van der Waals surface area contributed by atoms with Crippen molar-refractivity contribution in [1.29, 1.82) is 0 Å². The van der Waals surface area contributed by atoms with Gasteiger partial charge in [0.2, 0.25) is 10.0 Å². The van der Waals surface area contributed by atoms with Gasteiger partial charge in [-0.15, -0.1) is 11.8 Å². The van der Waals surface area contributed by atoms with Crippen LogP contribution in [-0.4, -0.2) is 44.0 Å². The van der Waals surface area contributed by atoms with Crippen LogP contribution in [0.3, 0.4) is 0 Å². The summed E-state index contributed by atoms with van der Waals surface area (Å²) in [5.41, 5.74) is 1.27. The first-order chi connectivity index (χ1) is 12.5.